The molecule has 0 saturated carbocycles. The van der Waals surface area contributed by atoms with Crippen molar-refractivity contribution in [1.29, 1.82) is 0 Å². The lowest BCUT2D eigenvalue weighted by atomic mass is 10.1. The van der Waals surface area contributed by atoms with Gasteiger partial charge in [0, 0.05) is 17.3 Å². The number of nitrogens with zero attached hydrogens (tertiary/aromatic N) is 4. The van der Waals surface area contributed by atoms with Crippen molar-refractivity contribution in [2.75, 3.05) is 0 Å². The van der Waals surface area contributed by atoms with Crippen molar-refractivity contribution in [3.05, 3.63) is 92.5 Å². The van der Waals surface area contributed by atoms with E-state index in [1.165, 1.54) is 16.9 Å². The highest BCUT2D eigenvalue weighted by Crippen LogP contribution is 2.27. The molecule has 3 aromatic heterocycles. The molecule has 0 unspecified atom stereocenters. The molecule has 0 aliphatic rings. The average molecular weight is 453 g/mol. The van der Waals surface area contributed by atoms with Crippen molar-refractivity contribution in [3.63, 3.8) is 0 Å². The number of hydrogen-bond donors (Lipinski definition) is 0. The second-order valence-corrected chi connectivity index (χ2v) is 9.16. The van der Waals surface area contributed by atoms with Gasteiger partial charge in [0.25, 0.3) is 5.56 Å². The summed E-state index contributed by atoms with van der Waals surface area (Å²) in [5.41, 5.74) is 3.14. The molecule has 0 atom stereocenters. The van der Waals surface area contributed by atoms with Crippen molar-refractivity contribution in [3.8, 4) is 0 Å². The SMILES string of the molecule is O=c1c2sccc2n2c(SCc3cccc(Cl)c3)nnc2n1CCc1ccccc1. The molecular weight excluding hydrogens is 436 g/mol. The summed E-state index contributed by atoms with van der Waals surface area (Å²) in [6, 6.07) is 19.9. The van der Waals surface area contributed by atoms with E-state index in [1.54, 1.807) is 16.3 Å². The summed E-state index contributed by atoms with van der Waals surface area (Å²) in [7, 11) is 0. The van der Waals surface area contributed by atoms with Crippen LogP contribution in [0, 0.1) is 0 Å². The molecule has 0 bridgehead atoms. The Labute approximate surface area is 186 Å². The van der Waals surface area contributed by atoms with Crippen LogP contribution in [0.15, 0.2) is 76.0 Å². The lowest BCUT2D eigenvalue weighted by Gasteiger charge is -2.09. The van der Waals surface area contributed by atoms with Crippen molar-refractivity contribution in [1.82, 2.24) is 19.2 Å². The number of aromatic nitrogens is 4. The summed E-state index contributed by atoms with van der Waals surface area (Å²) in [4.78, 5) is 13.1. The lowest BCUT2D eigenvalue weighted by Crippen LogP contribution is -2.23. The number of hydrogen-bond acceptors (Lipinski definition) is 5. The molecule has 0 radical (unpaired) electrons. The number of rotatable bonds is 6. The Balaban J connectivity index is 1.54. The summed E-state index contributed by atoms with van der Waals surface area (Å²) in [6.45, 7) is 0.553. The number of benzene rings is 2. The minimum atomic E-state index is -0.0118. The van der Waals surface area contributed by atoms with Gasteiger partial charge in [0.1, 0.15) is 4.70 Å². The van der Waals surface area contributed by atoms with Gasteiger partial charge in [-0.2, -0.15) is 0 Å². The van der Waals surface area contributed by atoms with Gasteiger partial charge in [0.05, 0.1) is 5.52 Å². The van der Waals surface area contributed by atoms with E-state index in [1.807, 2.05) is 58.3 Å². The molecule has 5 aromatic rings. The highest BCUT2D eigenvalue weighted by atomic mass is 35.5. The molecular formula is C22H17ClN4OS2. The quantitative estimate of drug-likeness (QED) is 0.328. The molecule has 0 aliphatic carbocycles. The van der Waals surface area contributed by atoms with Crippen LogP contribution in [0.25, 0.3) is 16.0 Å². The number of aryl methyl sites for hydroxylation is 2. The molecule has 0 amide bonds. The van der Waals surface area contributed by atoms with Crippen LogP contribution < -0.4 is 5.56 Å². The van der Waals surface area contributed by atoms with Gasteiger partial charge in [-0.15, -0.1) is 21.5 Å². The summed E-state index contributed by atoms with van der Waals surface area (Å²) < 4.78 is 4.45. The third kappa shape index (κ3) is 3.64. The summed E-state index contributed by atoms with van der Waals surface area (Å²) in [5.74, 6) is 1.30. The molecule has 5 rings (SSSR count). The van der Waals surface area contributed by atoms with E-state index in [0.717, 1.165) is 33.1 Å². The monoisotopic (exact) mass is 452 g/mol. The topological polar surface area (TPSA) is 52.2 Å². The lowest BCUT2D eigenvalue weighted by molar-refractivity contribution is 0.678. The Morgan fingerprint density at radius 2 is 1.83 bits per heavy atom. The molecule has 0 N–H and O–H groups in total. The fourth-order valence-corrected chi connectivity index (χ4v) is 5.38. The first-order valence-electron chi connectivity index (χ1n) is 9.47. The van der Waals surface area contributed by atoms with E-state index in [-0.39, 0.29) is 5.56 Å². The van der Waals surface area contributed by atoms with E-state index in [0.29, 0.717) is 17.3 Å². The first-order valence-corrected chi connectivity index (χ1v) is 11.7. The fourth-order valence-electron chi connectivity index (χ4n) is 3.46. The molecule has 0 saturated heterocycles. The molecule has 0 aliphatic heterocycles. The minimum absolute atomic E-state index is 0.0118. The minimum Gasteiger partial charge on any atom is -0.275 e. The Kier molecular flexibility index (Phi) is 5.33. The van der Waals surface area contributed by atoms with Gasteiger partial charge in [-0.05, 0) is 41.1 Å². The van der Waals surface area contributed by atoms with Gasteiger partial charge in [-0.3, -0.25) is 13.8 Å². The van der Waals surface area contributed by atoms with Gasteiger partial charge >= 0.3 is 0 Å². The van der Waals surface area contributed by atoms with Crippen LogP contribution in [-0.2, 0) is 18.7 Å². The van der Waals surface area contributed by atoms with Gasteiger partial charge in [0.15, 0.2) is 5.16 Å². The van der Waals surface area contributed by atoms with Crippen LogP contribution in [0.3, 0.4) is 0 Å². The molecule has 5 nitrogen and oxygen atoms in total. The van der Waals surface area contributed by atoms with Crippen LogP contribution in [-0.4, -0.2) is 19.2 Å². The number of fused-ring (bicyclic) bond motifs is 3. The maximum absolute atomic E-state index is 13.1. The highest BCUT2D eigenvalue weighted by molar-refractivity contribution is 7.98. The predicted molar refractivity (Wildman–Crippen MR) is 124 cm³/mol. The van der Waals surface area contributed by atoms with E-state index in [9.17, 15) is 4.79 Å². The smallest absolute Gasteiger partial charge is 0.272 e. The van der Waals surface area contributed by atoms with Gasteiger partial charge < -0.3 is 0 Å². The standard InChI is InChI=1S/C22H17ClN4OS2/c23-17-8-4-7-16(13-17)14-30-22-25-24-21-26(11-9-15-5-2-1-3-6-15)20(28)19-18(27(21)22)10-12-29-19/h1-8,10,12-13H,9,11,14H2. The summed E-state index contributed by atoms with van der Waals surface area (Å²) in [6.07, 6.45) is 0.755. The Morgan fingerprint density at radius 1 is 1.00 bits per heavy atom. The Morgan fingerprint density at radius 3 is 2.67 bits per heavy atom. The first-order chi connectivity index (χ1) is 14.7. The summed E-state index contributed by atoms with van der Waals surface area (Å²) >= 11 is 9.15. The zero-order valence-electron chi connectivity index (χ0n) is 15.9. The van der Waals surface area contributed by atoms with Gasteiger partial charge in [-0.25, -0.2) is 0 Å². The summed E-state index contributed by atoms with van der Waals surface area (Å²) in [5, 5.41) is 12.2. The largest absolute Gasteiger partial charge is 0.275 e. The maximum atomic E-state index is 13.1. The second kappa shape index (κ2) is 8.26. The zero-order chi connectivity index (χ0) is 20.5. The molecule has 3 heterocycles. The average Bonchev–Trinajstić information content (AvgIpc) is 3.40. The van der Waals surface area contributed by atoms with E-state index < -0.39 is 0 Å². The molecule has 150 valence electrons. The predicted octanol–water partition coefficient (Wildman–Crippen LogP) is 5.29. The highest BCUT2D eigenvalue weighted by Gasteiger charge is 2.17. The van der Waals surface area contributed by atoms with Gasteiger partial charge in [-0.1, -0.05) is 65.8 Å². The Bertz CT molecular complexity index is 1390. The van der Waals surface area contributed by atoms with Crippen LogP contribution in [0.4, 0.5) is 0 Å². The second-order valence-electron chi connectivity index (χ2n) is 6.86. The molecule has 2 aromatic carbocycles. The molecule has 0 spiro atoms. The number of thioether (sulfide) groups is 1. The molecule has 8 heteroatoms. The maximum Gasteiger partial charge on any atom is 0.272 e. The van der Waals surface area contributed by atoms with Crippen LogP contribution in [0.5, 0.6) is 0 Å². The molecule has 30 heavy (non-hydrogen) atoms. The fraction of sp³-hybridized carbons (Fsp3) is 0.136. The Hall–Kier alpha value is -2.61. The van der Waals surface area contributed by atoms with Crippen molar-refractivity contribution >= 4 is 50.7 Å². The van der Waals surface area contributed by atoms with Crippen molar-refractivity contribution in [2.45, 2.75) is 23.9 Å². The van der Waals surface area contributed by atoms with E-state index >= 15 is 0 Å². The van der Waals surface area contributed by atoms with Crippen LogP contribution in [0.1, 0.15) is 11.1 Å². The van der Waals surface area contributed by atoms with Crippen LogP contribution >= 0.6 is 34.7 Å². The first kappa shape index (κ1) is 19.4. The third-order valence-electron chi connectivity index (χ3n) is 4.91. The third-order valence-corrected chi connectivity index (χ3v) is 7.03. The molecule has 0 fully saturated rings. The van der Waals surface area contributed by atoms with Crippen LogP contribution in [0.2, 0.25) is 5.02 Å². The van der Waals surface area contributed by atoms with Crippen molar-refractivity contribution in [2.24, 2.45) is 0 Å². The number of thiophene rings is 1. The zero-order valence-corrected chi connectivity index (χ0v) is 18.3. The normalized spacial score (nSPS) is 11.5. The van der Waals surface area contributed by atoms with E-state index in [4.69, 9.17) is 11.6 Å². The van der Waals surface area contributed by atoms with E-state index in [2.05, 4.69) is 22.3 Å². The van der Waals surface area contributed by atoms with Crippen molar-refractivity contribution < 1.29 is 0 Å². The van der Waals surface area contributed by atoms with Gasteiger partial charge in [0.2, 0.25) is 5.78 Å². The number of halogens is 1.